The van der Waals surface area contributed by atoms with Crippen molar-refractivity contribution >= 4 is 5.97 Å². The van der Waals surface area contributed by atoms with Gasteiger partial charge in [0.15, 0.2) is 0 Å². The van der Waals surface area contributed by atoms with Crippen LogP contribution in [0.2, 0.25) is 0 Å². The zero-order valence-corrected chi connectivity index (χ0v) is 7.62. The Balaban J connectivity index is 1.96. The average Bonchev–Trinajstić information content (AvgIpc) is 2.02. The van der Waals surface area contributed by atoms with Gasteiger partial charge in [0.05, 0.1) is 5.92 Å². The van der Waals surface area contributed by atoms with Crippen molar-refractivity contribution in [1.82, 2.24) is 0 Å². The summed E-state index contributed by atoms with van der Waals surface area (Å²) in [7, 11) is 0. The number of carbonyl (C=O) groups is 1. The van der Waals surface area contributed by atoms with Crippen LogP contribution in [0.15, 0.2) is 12.2 Å². The van der Waals surface area contributed by atoms with Gasteiger partial charge >= 0.3 is 5.97 Å². The summed E-state index contributed by atoms with van der Waals surface area (Å²) < 4.78 is 0. The second-order valence-corrected chi connectivity index (χ2v) is 4.83. The summed E-state index contributed by atoms with van der Waals surface area (Å²) in [5, 5.41) is 9.05. The summed E-state index contributed by atoms with van der Waals surface area (Å²) in [4.78, 5) is 11.0. The predicted molar refractivity (Wildman–Crippen MR) is 48.2 cm³/mol. The molecule has 0 radical (unpaired) electrons. The highest BCUT2D eigenvalue weighted by Gasteiger charge is 2.69. The molecule has 2 heteroatoms. The first-order valence-corrected chi connectivity index (χ1v) is 5.13. The van der Waals surface area contributed by atoms with Gasteiger partial charge < -0.3 is 5.11 Å². The molecule has 0 aromatic carbocycles. The molecule has 0 heterocycles. The fourth-order valence-electron chi connectivity index (χ4n) is 3.76. The van der Waals surface area contributed by atoms with Crippen LogP contribution in [0.25, 0.3) is 0 Å². The van der Waals surface area contributed by atoms with E-state index in [0.717, 1.165) is 12.8 Å². The minimum absolute atomic E-state index is 0.0715. The number of rotatable bonds is 1. The van der Waals surface area contributed by atoms with Crippen LogP contribution in [-0.4, -0.2) is 11.1 Å². The van der Waals surface area contributed by atoms with Crippen LogP contribution in [0.1, 0.15) is 32.1 Å². The predicted octanol–water partition coefficient (Wildman–Crippen LogP) is 2.21. The summed E-state index contributed by atoms with van der Waals surface area (Å²) in [6.45, 7) is 0. The van der Waals surface area contributed by atoms with E-state index in [1.165, 1.54) is 19.3 Å². The van der Waals surface area contributed by atoms with E-state index in [9.17, 15) is 4.79 Å². The maximum atomic E-state index is 11.0. The normalized spacial score (nSPS) is 51.2. The Labute approximate surface area is 77.6 Å². The second-order valence-electron chi connectivity index (χ2n) is 4.83. The van der Waals surface area contributed by atoms with Gasteiger partial charge in [0.2, 0.25) is 0 Å². The Bertz CT molecular complexity index is 307. The minimum atomic E-state index is -0.582. The van der Waals surface area contributed by atoms with Crippen molar-refractivity contribution in [2.45, 2.75) is 32.1 Å². The van der Waals surface area contributed by atoms with Crippen molar-refractivity contribution in [3.05, 3.63) is 12.2 Å². The van der Waals surface area contributed by atoms with Gasteiger partial charge in [-0.3, -0.25) is 4.79 Å². The lowest BCUT2D eigenvalue weighted by atomic mass is 9.34. The van der Waals surface area contributed by atoms with Crippen molar-refractivity contribution in [1.29, 1.82) is 0 Å². The van der Waals surface area contributed by atoms with E-state index in [1.54, 1.807) is 0 Å². The molecule has 3 rings (SSSR count). The third-order valence-electron chi connectivity index (χ3n) is 4.58. The SMILES string of the molecule is O=C(O)C1CC23C=CC12CCCC3. The molecule has 13 heavy (non-hydrogen) atoms. The van der Waals surface area contributed by atoms with Crippen molar-refractivity contribution in [2.24, 2.45) is 16.7 Å². The first-order chi connectivity index (χ1) is 6.20. The zero-order valence-electron chi connectivity index (χ0n) is 7.62. The molecule has 0 aliphatic heterocycles. The van der Waals surface area contributed by atoms with E-state index in [1.807, 2.05) is 0 Å². The molecule has 2 saturated carbocycles. The van der Waals surface area contributed by atoms with Crippen molar-refractivity contribution in [3.8, 4) is 0 Å². The Morgan fingerprint density at radius 3 is 2.62 bits per heavy atom. The fourth-order valence-corrected chi connectivity index (χ4v) is 3.76. The number of hydrogen-bond acceptors (Lipinski definition) is 1. The zero-order chi connectivity index (χ0) is 9.10. The minimum Gasteiger partial charge on any atom is -0.481 e. The molecule has 0 saturated heterocycles. The van der Waals surface area contributed by atoms with E-state index < -0.39 is 5.97 Å². The molecule has 1 N–H and O–H groups in total. The number of carboxylic acid groups (broad SMARTS) is 1. The summed E-state index contributed by atoms with van der Waals surface area (Å²) >= 11 is 0. The van der Waals surface area contributed by atoms with Crippen molar-refractivity contribution < 1.29 is 9.90 Å². The third-order valence-corrected chi connectivity index (χ3v) is 4.58. The standard InChI is InChI=1S/C11H14O2/c12-9(13)8-7-10-3-1-2-4-11(8,10)6-5-10/h5-6,8H,1-4,7H2,(H,12,13). The maximum Gasteiger partial charge on any atom is 0.307 e. The van der Waals surface area contributed by atoms with Gasteiger partial charge in [-0.2, -0.15) is 0 Å². The van der Waals surface area contributed by atoms with Gasteiger partial charge in [-0.1, -0.05) is 25.0 Å². The largest absolute Gasteiger partial charge is 0.481 e. The quantitative estimate of drug-likeness (QED) is 0.625. The molecule has 3 aliphatic carbocycles. The van der Waals surface area contributed by atoms with Gasteiger partial charge in [-0.15, -0.1) is 0 Å². The number of allylic oxidation sites excluding steroid dienone is 2. The van der Waals surface area contributed by atoms with Gasteiger partial charge in [0.25, 0.3) is 0 Å². The van der Waals surface area contributed by atoms with Gasteiger partial charge in [0.1, 0.15) is 0 Å². The second kappa shape index (κ2) is 1.99. The molecule has 0 amide bonds. The Morgan fingerprint density at radius 1 is 1.31 bits per heavy atom. The van der Waals surface area contributed by atoms with Crippen molar-refractivity contribution in [2.75, 3.05) is 0 Å². The van der Waals surface area contributed by atoms with Crippen LogP contribution in [0, 0.1) is 16.7 Å². The van der Waals surface area contributed by atoms with Gasteiger partial charge in [-0.05, 0) is 24.7 Å². The molecule has 2 fully saturated rings. The van der Waals surface area contributed by atoms with Crippen LogP contribution in [0.4, 0.5) is 0 Å². The lowest BCUT2D eigenvalue weighted by molar-refractivity contribution is -0.180. The van der Waals surface area contributed by atoms with Gasteiger partial charge in [0, 0.05) is 5.41 Å². The third kappa shape index (κ3) is 0.618. The van der Waals surface area contributed by atoms with Crippen LogP contribution in [0.5, 0.6) is 0 Å². The van der Waals surface area contributed by atoms with E-state index in [-0.39, 0.29) is 11.3 Å². The topological polar surface area (TPSA) is 37.3 Å². The van der Waals surface area contributed by atoms with Gasteiger partial charge in [-0.25, -0.2) is 0 Å². The van der Waals surface area contributed by atoms with Crippen molar-refractivity contribution in [3.63, 3.8) is 0 Å². The highest BCUT2D eigenvalue weighted by atomic mass is 16.4. The molecular formula is C11H14O2. The molecule has 3 aliphatic rings. The van der Waals surface area contributed by atoms with E-state index in [0.29, 0.717) is 5.41 Å². The number of aliphatic carboxylic acids is 1. The summed E-state index contributed by atoms with van der Waals surface area (Å²) in [5.74, 6) is -0.653. The lowest BCUT2D eigenvalue weighted by Gasteiger charge is -2.69. The first-order valence-electron chi connectivity index (χ1n) is 5.13. The van der Waals surface area contributed by atoms with E-state index >= 15 is 0 Å². The summed E-state index contributed by atoms with van der Waals surface area (Å²) in [6.07, 6.45) is 10.2. The monoisotopic (exact) mass is 178 g/mol. The number of hydrogen-bond donors (Lipinski definition) is 1. The Hall–Kier alpha value is -0.790. The molecule has 0 aromatic heterocycles. The molecule has 0 spiro atoms. The fraction of sp³-hybridized carbons (Fsp3) is 0.727. The van der Waals surface area contributed by atoms with E-state index in [2.05, 4.69) is 12.2 Å². The Kier molecular flexibility index (Phi) is 1.17. The molecular weight excluding hydrogens is 164 g/mol. The van der Waals surface area contributed by atoms with Crippen LogP contribution in [-0.2, 0) is 4.79 Å². The molecule has 0 aromatic rings. The molecule has 3 unspecified atom stereocenters. The lowest BCUT2D eigenvalue weighted by Crippen LogP contribution is -2.64. The molecule has 3 atom stereocenters. The average molecular weight is 178 g/mol. The molecule has 2 nitrogen and oxygen atoms in total. The Morgan fingerprint density at radius 2 is 2.08 bits per heavy atom. The van der Waals surface area contributed by atoms with Crippen LogP contribution >= 0.6 is 0 Å². The molecule has 70 valence electrons. The summed E-state index contributed by atoms with van der Waals surface area (Å²) in [5.41, 5.74) is 0.422. The molecule has 0 bridgehead atoms. The smallest absolute Gasteiger partial charge is 0.307 e. The first kappa shape index (κ1) is 7.60. The highest BCUT2D eigenvalue weighted by molar-refractivity contribution is 5.75. The maximum absolute atomic E-state index is 11.0. The van der Waals surface area contributed by atoms with Crippen LogP contribution < -0.4 is 0 Å². The van der Waals surface area contributed by atoms with Crippen LogP contribution in [0.3, 0.4) is 0 Å². The number of carboxylic acids is 1. The van der Waals surface area contributed by atoms with E-state index in [4.69, 9.17) is 5.11 Å². The summed E-state index contributed by atoms with van der Waals surface area (Å²) in [6, 6.07) is 0. The highest BCUT2D eigenvalue weighted by Crippen LogP contribution is 2.74.